The second-order valence-corrected chi connectivity index (χ2v) is 5.70. The summed E-state index contributed by atoms with van der Waals surface area (Å²) in [7, 11) is 0. The van der Waals surface area contributed by atoms with Gasteiger partial charge in [0.2, 0.25) is 0 Å². The maximum absolute atomic E-state index is 6.02. The van der Waals surface area contributed by atoms with Crippen molar-refractivity contribution in [2.24, 2.45) is 0 Å². The van der Waals surface area contributed by atoms with Gasteiger partial charge < -0.3 is 0 Å². The Morgan fingerprint density at radius 1 is 0.846 bits per heavy atom. The van der Waals surface area contributed by atoms with E-state index in [-0.39, 0.29) is 21.5 Å². The predicted molar refractivity (Wildman–Crippen MR) is 64.2 cm³/mol. The van der Waals surface area contributed by atoms with Crippen LogP contribution in [0.4, 0.5) is 0 Å². The summed E-state index contributed by atoms with van der Waals surface area (Å²) >= 11 is 29.7. The lowest BCUT2D eigenvalue weighted by atomic mass is 10.1. The van der Waals surface area contributed by atoms with Crippen molar-refractivity contribution in [3.8, 4) is 0 Å². The number of rotatable bonds is 5. The van der Waals surface area contributed by atoms with Gasteiger partial charge in [0.05, 0.1) is 21.5 Å². The monoisotopic (exact) mass is 284 g/mol. The van der Waals surface area contributed by atoms with Gasteiger partial charge in [-0.15, -0.1) is 58.0 Å². The van der Waals surface area contributed by atoms with Gasteiger partial charge in [0.1, 0.15) is 0 Å². The van der Waals surface area contributed by atoms with Gasteiger partial charge in [-0.05, 0) is 13.3 Å². The zero-order valence-electron chi connectivity index (χ0n) is 7.48. The van der Waals surface area contributed by atoms with Gasteiger partial charge in [0, 0.05) is 5.38 Å². The molecule has 13 heavy (non-hydrogen) atoms. The van der Waals surface area contributed by atoms with Crippen molar-refractivity contribution in [3.63, 3.8) is 0 Å². The highest BCUT2D eigenvalue weighted by Gasteiger charge is 2.31. The molecule has 0 aromatic heterocycles. The second-order valence-electron chi connectivity index (χ2n) is 2.94. The molecule has 0 rings (SSSR count). The van der Waals surface area contributed by atoms with E-state index < -0.39 is 5.38 Å². The van der Waals surface area contributed by atoms with E-state index in [1.54, 1.807) is 6.92 Å². The molecule has 0 N–H and O–H groups in total. The van der Waals surface area contributed by atoms with Gasteiger partial charge in [0.15, 0.2) is 0 Å². The van der Waals surface area contributed by atoms with E-state index in [0.29, 0.717) is 0 Å². The highest BCUT2D eigenvalue weighted by molar-refractivity contribution is 6.39. The average molecular weight is 286 g/mol. The molecule has 0 aliphatic rings. The minimum atomic E-state index is -0.404. The van der Waals surface area contributed by atoms with Crippen molar-refractivity contribution in [2.45, 2.75) is 47.2 Å². The molecule has 0 saturated carbocycles. The van der Waals surface area contributed by atoms with E-state index in [4.69, 9.17) is 58.0 Å². The molecule has 0 heterocycles. The molecule has 0 fully saturated rings. The first-order chi connectivity index (χ1) is 5.91. The van der Waals surface area contributed by atoms with E-state index in [1.165, 1.54) is 0 Å². The van der Waals surface area contributed by atoms with Gasteiger partial charge >= 0.3 is 0 Å². The molecule has 0 aliphatic carbocycles. The number of hydrogen-bond acceptors (Lipinski definition) is 0. The maximum Gasteiger partial charge on any atom is 0.0691 e. The van der Waals surface area contributed by atoms with Crippen molar-refractivity contribution in [1.82, 2.24) is 0 Å². The quantitative estimate of drug-likeness (QED) is 0.655. The Kier molecular flexibility index (Phi) is 7.61. The van der Waals surface area contributed by atoms with E-state index in [9.17, 15) is 0 Å². The molecule has 0 aromatic carbocycles. The summed E-state index contributed by atoms with van der Waals surface area (Å²) in [5, 5.41) is -1.50. The summed E-state index contributed by atoms with van der Waals surface area (Å²) < 4.78 is 0. The summed E-state index contributed by atoms with van der Waals surface area (Å²) in [4.78, 5) is 0. The number of alkyl halides is 5. The first-order valence-electron chi connectivity index (χ1n) is 4.12. The van der Waals surface area contributed by atoms with Crippen LogP contribution in [-0.2, 0) is 0 Å². The molecule has 0 nitrogen and oxygen atoms in total. The highest BCUT2D eigenvalue weighted by atomic mass is 35.5. The fourth-order valence-electron chi connectivity index (χ4n) is 0.854. The third kappa shape index (κ3) is 4.66. The van der Waals surface area contributed by atoms with Crippen LogP contribution < -0.4 is 0 Å². The molecule has 0 aromatic rings. The largest absolute Gasteiger partial charge is 0.122 e. The third-order valence-corrected chi connectivity index (χ3v) is 4.92. The lowest BCUT2D eigenvalue weighted by Gasteiger charge is -2.25. The van der Waals surface area contributed by atoms with Crippen molar-refractivity contribution in [3.05, 3.63) is 0 Å². The van der Waals surface area contributed by atoms with Crippen molar-refractivity contribution in [2.75, 3.05) is 0 Å². The SMILES string of the molecule is CCC(Cl)C(Cl)C(Cl)C(Cl)C(C)Cl. The predicted octanol–water partition coefficient (Wildman–Crippen LogP) is 4.45. The van der Waals surface area contributed by atoms with Crippen molar-refractivity contribution >= 4 is 58.0 Å². The van der Waals surface area contributed by atoms with E-state index >= 15 is 0 Å². The number of hydrogen-bond donors (Lipinski definition) is 0. The fraction of sp³-hybridized carbons (Fsp3) is 1.00. The molecule has 0 spiro atoms. The van der Waals surface area contributed by atoms with E-state index in [0.717, 1.165) is 6.42 Å². The van der Waals surface area contributed by atoms with Crippen LogP contribution >= 0.6 is 58.0 Å². The molecule has 0 amide bonds. The fourth-order valence-corrected chi connectivity index (χ4v) is 2.28. The highest BCUT2D eigenvalue weighted by Crippen LogP contribution is 2.28. The Hall–Kier alpha value is 1.45. The Labute approximate surface area is 105 Å². The van der Waals surface area contributed by atoms with Gasteiger partial charge in [-0.3, -0.25) is 0 Å². The summed E-state index contributed by atoms with van der Waals surface area (Å²) in [5.74, 6) is 0. The van der Waals surface area contributed by atoms with Crippen LogP contribution in [0.3, 0.4) is 0 Å². The van der Waals surface area contributed by atoms with E-state index in [1.807, 2.05) is 6.92 Å². The molecule has 0 saturated heterocycles. The lowest BCUT2D eigenvalue weighted by molar-refractivity contribution is 0.655. The summed E-state index contributed by atoms with van der Waals surface area (Å²) in [5.41, 5.74) is 0. The van der Waals surface area contributed by atoms with Crippen molar-refractivity contribution in [1.29, 1.82) is 0 Å². The van der Waals surface area contributed by atoms with Crippen LogP contribution in [0.15, 0.2) is 0 Å². The second kappa shape index (κ2) is 6.85. The van der Waals surface area contributed by atoms with Gasteiger partial charge in [0.25, 0.3) is 0 Å². The Bertz CT molecular complexity index is 138. The molecular weight excluding hydrogens is 273 g/mol. The smallest absolute Gasteiger partial charge is 0.0691 e. The van der Waals surface area contributed by atoms with E-state index in [2.05, 4.69) is 0 Å². The standard InChI is InChI=1S/C8H13Cl5/c1-3-5(10)7(12)8(13)6(11)4(2)9/h4-8H,3H2,1-2H3. The Morgan fingerprint density at radius 2 is 1.31 bits per heavy atom. The van der Waals surface area contributed by atoms with Crippen LogP contribution in [0.1, 0.15) is 20.3 Å². The molecule has 5 unspecified atom stereocenters. The molecule has 0 radical (unpaired) electrons. The zero-order valence-corrected chi connectivity index (χ0v) is 11.3. The minimum absolute atomic E-state index is 0.166. The molecule has 0 aliphatic heterocycles. The topological polar surface area (TPSA) is 0 Å². The Balaban J connectivity index is 4.15. The van der Waals surface area contributed by atoms with Gasteiger partial charge in [-0.2, -0.15) is 0 Å². The average Bonchev–Trinajstić information content (AvgIpc) is 2.12. The molecule has 5 atom stereocenters. The molecular formula is C8H13Cl5. The maximum atomic E-state index is 6.02. The third-order valence-electron chi connectivity index (χ3n) is 1.78. The van der Waals surface area contributed by atoms with Crippen molar-refractivity contribution < 1.29 is 0 Å². The summed E-state index contributed by atoms with van der Waals surface area (Å²) in [6, 6.07) is 0. The van der Waals surface area contributed by atoms with Gasteiger partial charge in [-0.25, -0.2) is 0 Å². The molecule has 0 bridgehead atoms. The normalized spacial score (nSPS) is 23.3. The minimum Gasteiger partial charge on any atom is -0.122 e. The van der Waals surface area contributed by atoms with Gasteiger partial charge in [-0.1, -0.05) is 6.92 Å². The van der Waals surface area contributed by atoms with Crippen LogP contribution in [0.2, 0.25) is 0 Å². The lowest BCUT2D eigenvalue weighted by Crippen LogP contribution is -2.35. The number of halogens is 5. The molecule has 5 heteroatoms. The Morgan fingerprint density at radius 3 is 1.62 bits per heavy atom. The first kappa shape index (κ1) is 14.5. The summed E-state index contributed by atoms with van der Waals surface area (Å²) in [6.07, 6.45) is 0.763. The van der Waals surface area contributed by atoms with Crippen LogP contribution in [0.5, 0.6) is 0 Å². The van der Waals surface area contributed by atoms with Crippen LogP contribution in [0.25, 0.3) is 0 Å². The first-order valence-corrected chi connectivity index (χ1v) is 6.30. The van der Waals surface area contributed by atoms with Crippen LogP contribution in [0, 0.1) is 0 Å². The summed E-state index contributed by atoms with van der Waals surface area (Å²) in [6.45, 7) is 3.73. The van der Waals surface area contributed by atoms with Crippen LogP contribution in [-0.4, -0.2) is 26.9 Å². The zero-order chi connectivity index (χ0) is 10.6. The molecule has 80 valence electrons.